The molecule has 0 aliphatic heterocycles. The zero-order valence-electron chi connectivity index (χ0n) is 14.4. The zero-order chi connectivity index (χ0) is 17.9. The molecule has 0 amide bonds. The van der Waals surface area contributed by atoms with Crippen LogP contribution in [-0.4, -0.2) is 17.0 Å². The van der Waals surface area contributed by atoms with E-state index in [1.807, 2.05) is 45.0 Å². The van der Waals surface area contributed by atoms with Crippen LogP contribution in [0.25, 0.3) is 5.57 Å². The molecule has 0 saturated carbocycles. The van der Waals surface area contributed by atoms with E-state index in [2.05, 4.69) is 16.6 Å². The third-order valence-corrected chi connectivity index (χ3v) is 3.50. The summed E-state index contributed by atoms with van der Waals surface area (Å²) >= 11 is 0. The van der Waals surface area contributed by atoms with Crippen molar-refractivity contribution in [1.82, 2.24) is 4.98 Å². The summed E-state index contributed by atoms with van der Waals surface area (Å²) in [6, 6.07) is 7.39. The van der Waals surface area contributed by atoms with Crippen LogP contribution in [-0.2, 0) is 0 Å². The number of ketones is 1. The van der Waals surface area contributed by atoms with E-state index in [4.69, 9.17) is 11.5 Å². The largest absolute Gasteiger partial charge is 0.399 e. The van der Waals surface area contributed by atoms with E-state index >= 15 is 0 Å². The highest BCUT2D eigenvalue weighted by Gasteiger charge is 2.21. The minimum Gasteiger partial charge on any atom is -0.399 e. The smallest absolute Gasteiger partial charge is 0.167 e. The number of aromatic nitrogens is 1. The van der Waals surface area contributed by atoms with E-state index in [1.165, 1.54) is 0 Å². The number of allylic oxidation sites excluding steroid dienone is 1. The number of nitrogens with two attached hydrogens (primary N) is 2. The first-order valence-electron chi connectivity index (χ1n) is 7.76. The molecule has 0 fully saturated rings. The summed E-state index contributed by atoms with van der Waals surface area (Å²) in [5.74, 6) is 0.463. The third kappa shape index (κ3) is 4.35. The van der Waals surface area contributed by atoms with E-state index in [0.29, 0.717) is 34.8 Å². The Labute approximate surface area is 142 Å². The minimum absolute atomic E-state index is 0.00681. The number of anilines is 2. The van der Waals surface area contributed by atoms with Gasteiger partial charge in [0.05, 0.1) is 11.3 Å². The van der Waals surface area contributed by atoms with Crippen molar-refractivity contribution < 1.29 is 4.79 Å². The molecule has 0 atom stereocenters. The topological polar surface area (TPSA) is 97.3 Å². The lowest BCUT2D eigenvalue weighted by Crippen LogP contribution is -2.13. The first kappa shape index (κ1) is 17.5. The maximum Gasteiger partial charge on any atom is 0.167 e. The normalized spacial score (nSPS) is 11.8. The van der Waals surface area contributed by atoms with Crippen LogP contribution in [0.3, 0.4) is 0 Å². The maximum absolute atomic E-state index is 12.3. The van der Waals surface area contributed by atoms with Crippen LogP contribution in [0.1, 0.15) is 43.1 Å². The summed E-state index contributed by atoms with van der Waals surface area (Å²) in [6.45, 7) is 10.0. The Kier molecular flexibility index (Phi) is 4.93. The molecule has 5 heteroatoms. The van der Waals surface area contributed by atoms with Crippen molar-refractivity contribution in [3.63, 3.8) is 0 Å². The molecule has 0 spiro atoms. The molecule has 0 saturated heterocycles. The van der Waals surface area contributed by atoms with Gasteiger partial charge in [-0.15, -0.1) is 0 Å². The number of hydrogen-bond acceptors (Lipinski definition) is 4. The fourth-order valence-electron chi connectivity index (χ4n) is 2.29. The number of nitrogen functional groups attached to an aromatic ring is 2. The van der Waals surface area contributed by atoms with E-state index in [1.54, 1.807) is 12.4 Å². The molecule has 5 N–H and O–H groups in total. The van der Waals surface area contributed by atoms with Gasteiger partial charge in [0.1, 0.15) is 0 Å². The lowest BCUT2D eigenvalue weighted by atomic mass is 9.88. The number of benzene rings is 1. The standard InChI is InChI=1S/C19H24N4O/c1-12(13-6-5-7-14(20)8-13)10-22-18-17(21)15(11-23-18)16(24)9-19(2,3)4/h5-8,10-11,23H,1,9,20-21H2,2-4H3. The van der Waals surface area contributed by atoms with Gasteiger partial charge >= 0.3 is 0 Å². The lowest BCUT2D eigenvalue weighted by Gasteiger charge is -2.16. The van der Waals surface area contributed by atoms with Gasteiger partial charge in [-0.1, -0.05) is 39.5 Å². The van der Waals surface area contributed by atoms with Gasteiger partial charge in [-0.2, -0.15) is 0 Å². The lowest BCUT2D eigenvalue weighted by molar-refractivity contribution is 0.0941. The van der Waals surface area contributed by atoms with Crippen molar-refractivity contribution in [3.8, 4) is 0 Å². The molecule has 0 aliphatic carbocycles. The molecular weight excluding hydrogens is 300 g/mol. The molecule has 1 aromatic heterocycles. The van der Waals surface area contributed by atoms with Crippen molar-refractivity contribution in [3.05, 3.63) is 48.2 Å². The summed E-state index contributed by atoms with van der Waals surface area (Å²) in [4.78, 5) is 19.6. The highest BCUT2D eigenvalue weighted by molar-refractivity contribution is 6.10. The number of aromatic amines is 1. The van der Waals surface area contributed by atoms with Crippen LogP contribution in [0.2, 0.25) is 0 Å². The molecule has 0 radical (unpaired) electrons. The second kappa shape index (κ2) is 6.74. The Morgan fingerprint density at radius 2 is 2.04 bits per heavy atom. The predicted octanol–water partition coefficient (Wildman–Crippen LogP) is 4.21. The van der Waals surface area contributed by atoms with Crippen LogP contribution in [0, 0.1) is 5.41 Å². The fourth-order valence-corrected chi connectivity index (χ4v) is 2.29. The van der Waals surface area contributed by atoms with Crippen molar-refractivity contribution in [1.29, 1.82) is 0 Å². The average Bonchev–Trinajstić information content (AvgIpc) is 2.84. The van der Waals surface area contributed by atoms with E-state index < -0.39 is 0 Å². The molecule has 1 aromatic carbocycles. The van der Waals surface area contributed by atoms with Gasteiger partial charge < -0.3 is 16.5 Å². The Balaban J connectivity index is 2.16. The number of nitrogens with one attached hydrogen (secondary N) is 1. The highest BCUT2D eigenvalue weighted by Crippen LogP contribution is 2.29. The van der Waals surface area contributed by atoms with Crippen molar-refractivity contribution >= 4 is 34.8 Å². The molecule has 0 bridgehead atoms. The maximum atomic E-state index is 12.3. The first-order valence-corrected chi connectivity index (χ1v) is 7.76. The zero-order valence-corrected chi connectivity index (χ0v) is 14.4. The SMILES string of the molecule is C=C(C=Nc1[nH]cc(C(=O)CC(C)(C)C)c1N)c1cccc(N)c1. The van der Waals surface area contributed by atoms with E-state index in [0.717, 1.165) is 5.56 Å². The number of aliphatic imine (C=N–C) groups is 1. The molecule has 0 aliphatic rings. The Bertz CT molecular complexity index is 794. The molecule has 5 nitrogen and oxygen atoms in total. The third-order valence-electron chi connectivity index (χ3n) is 3.50. The van der Waals surface area contributed by atoms with Crippen molar-refractivity contribution in [2.75, 3.05) is 11.5 Å². The summed E-state index contributed by atoms with van der Waals surface area (Å²) in [7, 11) is 0. The number of rotatable bonds is 5. The number of carbonyl (C=O) groups excluding carboxylic acids is 1. The first-order chi connectivity index (χ1) is 11.2. The predicted molar refractivity (Wildman–Crippen MR) is 102 cm³/mol. The molecule has 2 aromatic rings. The second-order valence-corrected chi connectivity index (χ2v) is 7.03. The summed E-state index contributed by atoms with van der Waals surface area (Å²) in [5, 5.41) is 0. The Morgan fingerprint density at radius 3 is 2.67 bits per heavy atom. The van der Waals surface area contributed by atoms with Gasteiger partial charge in [-0.3, -0.25) is 4.79 Å². The monoisotopic (exact) mass is 324 g/mol. The molecule has 0 unspecified atom stereocenters. The quantitative estimate of drug-likeness (QED) is 0.436. The van der Waals surface area contributed by atoms with Crippen LogP contribution in [0.15, 0.2) is 42.0 Å². The second-order valence-electron chi connectivity index (χ2n) is 7.03. The van der Waals surface area contributed by atoms with Crippen molar-refractivity contribution in [2.24, 2.45) is 10.4 Å². The number of hydrogen-bond donors (Lipinski definition) is 3. The van der Waals surface area contributed by atoms with Crippen LogP contribution in [0.4, 0.5) is 17.2 Å². The Hall–Kier alpha value is -2.82. The van der Waals surface area contributed by atoms with Gasteiger partial charge in [-0.05, 0) is 28.7 Å². The summed E-state index contributed by atoms with van der Waals surface area (Å²) < 4.78 is 0. The molecular formula is C19H24N4O. The number of H-pyrrole nitrogens is 1. The molecule has 2 rings (SSSR count). The van der Waals surface area contributed by atoms with E-state index in [-0.39, 0.29) is 11.2 Å². The summed E-state index contributed by atoms with van der Waals surface area (Å²) in [5.41, 5.74) is 14.8. The number of carbonyl (C=O) groups is 1. The van der Waals surface area contributed by atoms with Gasteiger partial charge in [0, 0.05) is 24.5 Å². The molecule has 1 heterocycles. The fraction of sp³-hybridized carbons (Fsp3) is 0.263. The Morgan fingerprint density at radius 1 is 1.33 bits per heavy atom. The van der Waals surface area contributed by atoms with Gasteiger partial charge in [-0.25, -0.2) is 4.99 Å². The number of Topliss-reactive ketones (excluding diaryl/α,β-unsaturated/α-hetero) is 1. The highest BCUT2D eigenvalue weighted by atomic mass is 16.1. The molecule has 126 valence electrons. The van der Waals surface area contributed by atoms with Crippen molar-refractivity contribution in [2.45, 2.75) is 27.2 Å². The minimum atomic E-state index is -0.0915. The van der Waals surface area contributed by atoms with Gasteiger partial charge in [0.2, 0.25) is 0 Å². The van der Waals surface area contributed by atoms with Crippen LogP contribution in [0.5, 0.6) is 0 Å². The van der Waals surface area contributed by atoms with Gasteiger partial charge in [0.25, 0.3) is 0 Å². The van der Waals surface area contributed by atoms with Crippen LogP contribution < -0.4 is 11.5 Å². The van der Waals surface area contributed by atoms with Gasteiger partial charge in [0.15, 0.2) is 11.6 Å². The van der Waals surface area contributed by atoms with E-state index in [9.17, 15) is 4.79 Å². The molecule has 24 heavy (non-hydrogen) atoms. The summed E-state index contributed by atoms with van der Waals surface area (Å²) in [6.07, 6.45) is 3.64. The van der Waals surface area contributed by atoms with Crippen LogP contribution >= 0.6 is 0 Å². The number of nitrogens with zero attached hydrogens (tertiary/aromatic N) is 1. The average molecular weight is 324 g/mol.